The van der Waals surface area contributed by atoms with Crippen LogP contribution in [0, 0.1) is 13.8 Å². The molecule has 2 aromatic carbocycles. The molecule has 4 heteroatoms. The lowest BCUT2D eigenvalue weighted by atomic mass is 10.1. The number of carbonyl (C=O) groups is 1. The highest BCUT2D eigenvalue weighted by Gasteiger charge is 2.13. The van der Waals surface area contributed by atoms with Gasteiger partial charge in [-0.05, 0) is 43.2 Å². The molecular weight excluding hydrogens is 278 g/mol. The van der Waals surface area contributed by atoms with Crippen molar-refractivity contribution in [3.05, 3.63) is 59.2 Å². The zero-order valence-corrected chi connectivity index (χ0v) is 12.6. The summed E-state index contributed by atoms with van der Waals surface area (Å²) in [6.45, 7) is 4.30. The molecule has 2 aromatic rings. The topological polar surface area (TPSA) is 47.6 Å². The Labute approximate surface area is 129 Å². The van der Waals surface area contributed by atoms with Crippen LogP contribution < -0.4 is 14.8 Å². The zero-order chi connectivity index (χ0) is 15.5. The monoisotopic (exact) mass is 295 g/mol. The molecule has 0 aromatic heterocycles. The predicted octanol–water partition coefficient (Wildman–Crippen LogP) is 3.68. The fraction of sp³-hybridized carbons (Fsp3) is 0.167. The number of benzene rings is 2. The number of rotatable bonds is 3. The van der Waals surface area contributed by atoms with Crippen LogP contribution in [0.15, 0.2) is 42.5 Å². The highest BCUT2D eigenvalue weighted by atomic mass is 16.7. The van der Waals surface area contributed by atoms with Crippen molar-refractivity contribution in [3.63, 3.8) is 0 Å². The maximum Gasteiger partial charge on any atom is 0.248 e. The molecule has 4 nitrogen and oxygen atoms in total. The second-order valence-corrected chi connectivity index (χ2v) is 5.25. The molecule has 1 heterocycles. The fourth-order valence-corrected chi connectivity index (χ4v) is 2.34. The predicted molar refractivity (Wildman–Crippen MR) is 86.1 cm³/mol. The number of carbonyl (C=O) groups excluding carboxylic acids is 1. The maximum absolute atomic E-state index is 12.0. The Morgan fingerprint density at radius 1 is 1.09 bits per heavy atom. The van der Waals surface area contributed by atoms with Crippen LogP contribution in [0.4, 0.5) is 5.69 Å². The number of ether oxygens (including phenoxy) is 2. The molecule has 1 aliphatic rings. The van der Waals surface area contributed by atoms with Gasteiger partial charge in [-0.15, -0.1) is 0 Å². The van der Waals surface area contributed by atoms with Gasteiger partial charge in [-0.2, -0.15) is 0 Å². The number of nitrogens with one attached hydrogen (secondary N) is 1. The van der Waals surface area contributed by atoms with E-state index < -0.39 is 0 Å². The summed E-state index contributed by atoms with van der Waals surface area (Å²) < 4.78 is 10.5. The van der Waals surface area contributed by atoms with Crippen LogP contribution in [0.25, 0.3) is 6.08 Å². The summed E-state index contributed by atoms with van der Waals surface area (Å²) in [5.41, 5.74) is 4.07. The number of aryl methyl sites for hydroxylation is 2. The van der Waals surface area contributed by atoms with Gasteiger partial charge in [-0.25, -0.2) is 0 Å². The van der Waals surface area contributed by atoms with E-state index in [4.69, 9.17) is 9.47 Å². The lowest BCUT2D eigenvalue weighted by Crippen LogP contribution is -2.07. The van der Waals surface area contributed by atoms with Crippen LogP contribution in [0.2, 0.25) is 0 Å². The molecule has 0 bridgehead atoms. The summed E-state index contributed by atoms with van der Waals surface area (Å²) in [5, 5.41) is 2.81. The van der Waals surface area contributed by atoms with Gasteiger partial charge in [0.2, 0.25) is 12.7 Å². The van der Waals surface area contributed by atoms with E-state index >= 15 is 0 Å². The smallest absolute Gasteiger partial charge is 0.248 e. The van der Waals surface area contributed by atoms with Gasteiger partial charge < -0.3 is 14.8 Å². The Balaban J connectivity index is 1.68. The van der Waals surface area contributed by atoms with Gasteiger partial charge in [0.15, 0.2) is 11.5 Å². The summed E-state index contributed by atoms with van der Waals surface area (Å²) >= 11 is 0. The van der Waals surface area contributed by atoms with E-state index in [9.17, 15) is 4.79 Å². The molecule has 0 radical (unpaired) electrons. The van der Waals surface area contributed by atoms with Crippen molar-refractivity contribution < 1.29 is 14.3 Å². The average molecular weight is 295 g/mol. The van der Waals surface area contributed by atoms with Gasteiger partial charge in [0.1, 0.15) is 0 Å². The molecule has 0 aliphatic carbocycles. The van der Waals surface area contributed by atoms with Crippen LogP contribution in [0.3, 0.4) is 0 Å². The number of hydrogen-bond donors (Lipinski definition) is 1. The Bertz CT molecular complexity index is 750. The third-order valence-corrected chi connectivity index (χ3v) is 3.48. The van der Waals surface area contributed by atoms with Crippen molar-refractivity contribution in [1.82, 2.24) is 0 Å². The number of hydrogen-bond acceptors (Lipinski definition) is 3. The second kappa shape index (κ2) is 5.93. The van der Waals surface area contributed by atoms with Gasteiger partial charge in [-0.3, -0.25) is 4.79 Å². The van der Waals surface area contributed by atoms with Gasteiger partial charge in [0, 0.05) is 17.8 Å². The first kappa shape index (κ1) is 14.2. The lowest BCUT2D eigenvalue weighted by Gasteiger charge is -2.04. The highest BCUT2D eigenvalue weighted by molar-refractivity contribution is 6.02. The molecule has 0 atom stereocenters. The van der Waals surface area contributed by atoms with Gasteiger partial charge in [0.25, 0.3) is 0 Å². The van der Waals surface area contributed by atoms with Crippen LogP contribution in [0.1, 0.15) is 16.7 Å². The van der Waals surface area contributed by atoms with Crippen molar-refractivity contribution in [2.75, 3.05) is 12.1 Å². The first-order valence-corrected chi connectivity index (χ1v) is 7.08. The molecule has 0 spiro atoms. The van der Waals surface area contributed by atoms with E-state index in [0.29, 0.717) is 17.2 Å². The second-order valence-electron chi connectivity index (χ2n) is 5.25. The lowest BCUT2D eigenvalue weighted by molar-refractivity contribution is -0.111. The van der Waals surface area contributed by atoms with Crippen LogP contribution in [0.5, 0.6) is 11.5 Å². The number of anilines is 1. The van der Waals surface area contributed by atoms with Crippen molar-refractivity contribution in [3.8, 4) is 11.5 Å². The standard InChI is InChI=1S/C18H17NO3/c1-12-3-4-14(13(2)9-12)5-8-18(20)19-15-6-7-16-17(10-15)22-11-21-16/h3-10H,11H2,1-2H3,(H,19,20)/b8-5+. The molecule has 22 heavy (non-hydrogen) atoms. The van der Waals surface area contributed by atoms with Crippen molar-refractivity contribution in [2.45, 2.75) is 13.8 Å². The summed E-state index contributed by atoms with van der Waals surface area (Å²) in [5.74, 6) is 1.17. The molecule has 1 amide bonds. The summed E-state index contributed by atoms with van der Waals surface area (Å²) in [4.78, 5) is 12.0. The maximum atomic E-state index is 12.0. The molecule has 1 N–H and O–H groups in total. The van der Waals surface area contributed by atoms with Crippen LogP contribution >= 0.6 is 0 Å². The number of amides is 1. The SMILES string of the molecule is Cc1ccc(/C=C/C(=O)Nc2ccc3c(c2)OCO3)c(C)c1. The van der Waals surface area contributed by atoms with Crippen molar-refractivity contribution in [1.29, 1.82) is 0 Å². The Kier molecular flexibility index (Phi) is 3.83. The average Bonchev–Trinajstić information content (AvgIpc) is 2.94. The number of fused-ring (bicyclic) bond motifs is 1. The van der Waals surface area contributed by atoms with E-state index in [2.05, 4.69) is 11.4 Å². The van der Waals surface area contributed by atoms with Crippen molar-refractivity contribution in [2.24, 2.45) is 0 Å². The third kappa shape index (κ3) is 3.11. The minimum Gasteiger partial charge on any atom is -0.454 e. The van der Waals surface area contributed by atoms with E-state index in [1.807, 2.05) is 32.1 Å². The largest absolute Gasteiger partial charge is 0.454 e. The van der Waals surface area contributed by atoms with E-state index in [-0.39, 0.29) is 12.7 Å². The minimum atomic E-state index is -0.182. The van der Waals surface area contributed by atoms with Crippen molar-refractivity contribution >= 4 is 17.7 Å². The van der Waals surface area contributed by atoms with Gasteiger partial charge in [0.05, 0.1) is 0 Å². The minimum absolute atomic E-state index is 0.182. The molecule has 3 rings (SSSR count). The Hall–Kier alpha value is -2.75. The molecule has 112 valence electrons. The normalized spacial score (nSPS) is 12.6. The van der Waals surface area contributed by atoms with E-state index in [0.717, 1.165) is 11.1 Å². The molecule has 1 aliphatic heterocycles. The van der Waals surface area contributed by atoms with Gasteiger partial charge >= 0.3 is 0 Å². The summed E-state index contributed by atoms with van der Waals surface area (Å²) in [6, 6.07) is 11.5. The summed E-state index contributed by atoms with van der Waals surface area (Å²) in [6.07, 6.45) is 3.35. The van der Waals surface area contributed by atoms with Crippen LogP contribution in [-0.4, -0.2) is 12.7 Å². The first-order valence-electron chi connectivity index (χ1n) is 7.08. The molecule has 0 unspecified atom stereocenters. The van der Waals surface area contributed by atoms with E-state index in [1.54, 1.807) is 18.2 Å². The highest BCUT2D eigenvalue weighted by Crippen LogP contribution is 2.34. The van der Waals surface area contributed by atoms with Crippen LogP contribution in [-0.2, 0) is 4.79 Å². The third-order valence-electron chi connectivity index (χ3n) is 3.48. The Morgan fingerprint density at radius 3 is 2.73 bits per heavy atom. The molecule has 0 saturated carbocycles. The first-order chi connectivity index (χ1) is 10.6. The summed E-state index contributed by atoms with van der Waals surface area (Å²) in [7, 11) is 0. The van der Waals surface area contributed by atoms with E-state index in [1.165, 1.54) is 11.6 Å². The fourth-order valence-electron chi connectivity index (χ4n) is 2.34. The molecule has 0 fully saturated rings. The van der Waals surface area contributed by atoms with Gasteiger partial charge in [-0.1, -0.05) is 23.8 Å². The Morgan fingerprint density at radius 2 is 1.91 bits per heavy atom. The zero-order valence-electron chi connectivity index (χ0n) is 12.6. The molecular formula is C18H17NO3. The molecule has 0 saturated heterocycles. The quantitative estimate of drug-likeness (QED) is 0.879.